The molecule has 1 aliphatic rings. The van der Waals surface area contributed by atoms with Gasteiger partial charge in [-0.05, 0) is 23.8 Å². The van der Waals surface area contributed by atoms with Crippen molar-refractivity contribution >= 4 is 0 Å². The van der Waals surface area contributed by atoms with E-state index >= 15 is 0 Å². The van der Waals surface area contributed by atoms with E-state index in [4.69, 9.17) is 14.2 Å². The van der Waals surface area contributed by atoms with Crippen LogP contribution in [0, 0.1) is 5.82 Å². The summed E-state index contributed by atoms with van der Waals surface area (Å²) in [6.07, 6.45) is 0.946. The standard InChI is InChI=1S/C21H24FNO4/c1-2-9-25-14-18(24)13-23(12-17-5-3-4-6-19(17)22)11-16-7-8-20-21(10-16)27-15-26-20/h2-8,10,18,24H,1,9,11-15H2. The minimum absolute atomic E-state index is 0.195. The van der Waals surface area contributed by atoms with Crippen molar-refractivity contribution < 1.29 is 23.7 Å². The molecule has 0 saturated heterocycles. The summed E-state index contributed by atoms with van der Waals surface area (Å²) in [6.45, 7) is 5.64. The lowest BCUT2D eigenvalue weighted by Crippen LogP contribution is -2.34. The maximum absolute atomic E-state index is 14.1. The van der Waals surface area contributed by atoms with E-state index in [1.165, 1.54) is 6.07 Å². The molecule has 27 heavy (non-hydrogen) atoms. The molecule has 0 amide bonds. The average Bonchev–Trinajstić information content (AvgIpc) is 3.11. The van der Waals surface area contributed by atoms with E-state index < -0.39 is 6.10 Å². The van der Waals surface area contributed by atoms with E-state index in [1.54, 1.807) is 24.3 Å². The molecule has 3 rings (SSSR count). The van der Waals surface area contributed by atoms with Gasteiger partial charge < -0.3 is 19.3 Å². The molecule has 1 heterocycles. The molecule has 1 aliphatic heterocycles. The first-order valence-electron chi connectivity index (χ1n) is 8.86. The number of halogens is 1. The van der Waals surface area contributed by atoms with Gasteiger partial charge in [0.1, 0.15) is 5.82 Å². The van der Waals surface area contributed by atoms with Gasteiger partial charge in [0, 0.05) is 25.2 Å². The molecule has 0 radical (unpaired) electrons. The van der Waals surface area contributed by atoms with Gasteiger partial charge in [0.25, 0.3) is 0 Å². The Balaban J connectivity index is 1.70. The highest BCUT2D eigenvalue weighted by Gasteiger charge is 2.18. The second-order valence-corrected chi connectivity index (χ2v) is 6.43. The lowest BCUT2D eigenvalue weighted by atomic mass is 10.1. The predicted molar refractivity (Wildman–Crippen MR) is 100 cm³/mol. The third kappa shape index (κ3) is 5.53. The number of fused-ring (bicyclic) bond motifs is 1. The highest BCUT2D eigenvalue weighted by Crippen LogP contribution is 2.33. The van der Waals surface area contributed by atoms with Crippen LogP contribution in [0.1, 0.15) is 11.1 Å². The smallest absolute Gasteiger partial charge is 0.231 e. The quantitative estimate of drug-likeness (QED) is 0.512. The maximum atomic E-state index is 14.1. The Kier molecular flexibility index (Phi) is 6.81. The van der Waals surface area contributed by atoms with Crippen LogP contribution >= 0.6 is 0 Å². The molecule has 2 aromatic carbocycles. The van der Waals surface area contributed by atoms with Crippen LogP contribution in [0.4, 0.5) is 4.39 Å². The van der Waals surface area contributed by atoms with Gasteiger partial charge in [-0.3, -0.25) is 4.90 Å². The zero-order chi connectivity index (χ0) is 19.1. The van der Waals surface area contributed by atoms with E-state index in [1.807, 2.05) is 23.1 Å². The van der Waals surface area contributed by atoms with Crippen LogP contribution < -0.4 is 9.47 Å². The van der Waals surface area contributed by atoms with Gasteiger partial charge in [-0.15, -0.1) is 6.58 Å². The van der Waals surface area contributed by atoms with Gasteiger partial charge in [0.05, 0.1) is 19.3 Å². The zero-order valence-corrected chi connectivity index (χ0v) is 15.1. The molecule has 0 saturated carbocycles. The SMILES string of the molecule is C=CCOCC(O)CN(Cc1ccc2c(c1)OCO2)Cc1ccccc1F. The minimum atomic E-state index is -0.689. The van der Waals surface area contributed by atoms with Crippen LogP contribution in [-0.4, -0.2) is 42.7 Å². The maximum Gasteiger partial charge on any atom is 0.231 e. The van der Waals surface area contributed by atoms with E-state index in [0.29, 0.717) is 37.6 Å². The summed E-state index contributed by atoms with van der Waals surface area (Å²) in [7, 11) is 0. The topological polar surface area (TPSA) is 51.2 Å². The second kappa shape index (κ2) is 9.50. The summed E-state index contributed by atoms with van der Waals surface area (Å²) >= 11 is 0. The Hall–Kier alpha value is -2.41. The third-order valence-corrected chi connectivity index (χ3v) is 4.21. The number of hydrogen-bond donors (Lipinski definition) is 1. The Morgan fingerprint density at radius 3 is 2.81 bits per heavy atom. The van der Waals surface area contributed by atoms with Crippen LogP contribution in [0.3, 0.4) is 0 Å². The molecular weight excluding hydrogens is 349 g/mol. The van der Waals surface area contributed by atoms with Gasteiger partial charge in [-0.1, -0.05) is 30.3 Å². The molecule has 5 nitrogen and oxygen atoms in total. The fraction of sp³-hybridized carbons (Fsp3) is 0.333. The number of aliphatic hydroxyl groups is 1. The van der Waals surface area contributed by atoms with Gasteiger partial charge in [0.15, 0.2) is 11.5 Å². The second-order valence-electron chi connectivity index (χ2n) is 6.43. The number of aliphatic hydroxyl groups excluding tert-OH is 1. The minimum Gasteiger partial charge on any atom is -0.454 e. The monoisotopic (exact) mass is 373 g/mol. The highest BCUT2D eigenvalue weighted by molar-refractivity contribution is 5.44. The Morgan fingerprint density at radius 2 is 2.00 bits per heavy atom. The summed E-state index contributed by atoms with van der Waals surface area (Å²) < 4.78 is 30.2. The van der Waals surface area contributed by atoms with Crippen molar-refractivity contribution in [3.8, 4) is 11.5 Å². The number of ether oxygens (including phenoxy) is 3. The first-order chi connectivity index (χ1) is 13.2. The molecule has 0 aromatic heterocycles. The first-order valence-corrected chi connectivity index (χ1v) is 8.86. The first kappa shape index (κ1) is 19.4. The molecule has 0 bridgehead atoms. The van der Waals surface area contributed by atoms with Gasteiger partial charge in [0.2, 0.25) is 6.79 Å². The molecule has 144 valence electrons. The van der Waals surface area contributed by atoms with Crippen LogP contribution in [-0.2, 0) is 17.8 Å². The van der Waals surface area contributed by atoms with Crippen LogP contribution in [0.25, 0.3) is 0 Å². The van der Waals surface area contributed by atoms with Gasteiger partial charge in [-0.25, -0.2) is 4.39 Å². The average molecular weight is 373 g/mol. The fourth-order valence-corrected chi connectivity index (χ4v) is 2.99. The van der Waals surface area contributed by atoms with Crippen LogP contribution in [0.2, 0.25) is 0 Å². The number of nitrogens with zero attached hydrogens (tertiary/aromatic N) is 1. The Labute approximate surface area is 158 Å². The third-order valence-electron chi connectivity index (χ3n) is 4.21. The van der Waals surface area contributed by atoms with E-state index in [2.05, 4.69) is 6.58 Å². The molecule has 0 spiro atoms. The number of rotatable bonds is 10. The van der Waals surface area contributed by atoms with Crippen LogP contribution in [0.5, 0.6) is 11.5 Å². The summed E-state index contributed by atoms with van der Waals surface area (Å²) in [5, 5.41) is 10.3. The summed E-state index contributed by atoms with van der Waals surface area (Å²) in [5.41, 5.74) is 1.58. The molecule has 0 aliphatic carbocycles. The van der Waals surface area contributed by atoms with E-state index in [0.717, 1.165) is 11.3 Å². The zero-order valence-electron chi connectivity index (χ0n) is 15.1. The van der Waals surface area contributed by atoms with Gasteiger partial charge >= 0.3 is 0 Å². The molecule has 2 aromatic rings. The summed E-state index contributed by atoms with van der Waals surface area (Å²) in [4.78, 5) is 1.98. The van der Waals surface area contributed by atoms with Crippen molar-refractivity contribution in [1.82, 2.24) is 4.90 Å². The normalized spacial score (nSPS) is 13.7. The Morgan fingerprint density at radius 1 is 1.19 bits per heavy atom. The van der Waals surface area contributed by atoms with Crippen LogP contribution in [0.15, 0.2) is 55.1 Å². The van der Waals surface area contributed by atoms with Crippen molar-refractivity contribution in [2.24, 2.45) is 0 Å². The van der Waals surface area contributed by atoms with Crippen molar-refractivity contribution in [2.75, 3.05) is 26.6 Å². The molecule has 0 fully saturated rings. The summed E-state index contributed by atoms with van der Waals surface area (Å²) in [6, 6.07) is 12.4. The molecule has 1 atom stereocenters. The van der Waals surface area contributed by atoms with Crippen molar-refractivity contribution in [2.45, 2.75) is 19.2 Å². The number of hydrogen-bond acceptors (Lipinski definition) is 5. The number of benzene rings is 2. The van der Waals surface area contributed by atoms with Crippen molar-refractivity contribution in [3.05, 3.63) is 72.1 Å². The molecule has 6 heteroatoms. The highest BCUT2D eigenvalue weighted by atomic mass is 19.1. The molecular formula is C21H24FNO4. The van der Waals surface area contributed by atoms with Crippen molar-refractivity contribution in [1.29, 1.82) is 0 Å². The van der Waals surface area contributed by atoms with Gasteiger partial charge in [-0.2, -0.15) is 0 Å². The lowest BCUT2D eigenvalue weighted by Gasteiger charge is -2.25. The lowest BCUT2D eigenvalue weighted by molar-refractivity contribution is 0.0226. The van der Waals surface area contributed by atoms with E-state index in [-0.39, 0.29) is 19.2 Å². The largest absolute Gasteiger partial charge is 0.454 e. The molecule has 1 unspecified atom stereocenters. The molecule has 1 N–H and O–H groups in total. The Bertz CT molecular complexity index is 768. The van der Waals surface area contributed by atoms with E-state index in [9.17, 15) is 9.50 Å². The van der Waals surface area contributed by atoms with Crippen molar-refractivity contribution in [3.63, 3.8) is 0 Å². The predicted octanol–water partition coefficient (Wildman–Crippen LogP) is 3.12. The fourth-order valence-electron chi connectivity index (χ4n) is 2.99. The summed E-state index contributed by atoms with van der Waals surface area (Å²) in [5.74, 6) is 1.16.